The van der Waals surface area contributed by atoms with Crippen LogP contribution >= 0.6 is 0 Å². The Bertz CT molecular complexity index is 1300. The molecular formula is C25H20N2O4. The van der Waals surface area contributed by atoms with E-state index in [1.165, 1.54) is 5.06 Å². The number of hydroxylamine groups is 2. The highest BCUT2D eigenvalue weighted by Crippen LogP contribution is 2.47. The van der Waals surface area contributed by atoms with Crippen LogP contribution in [0.5, 0.6) is 5.75 Å². The molecule has 6 heteroatoms. The number of amides is 1. The number of hydrogen-bond acceptors (Lipinski definition) is 5. The first-order valence-electron chi connectivity index (χ1n) is 10.3. The normalized spacial score (nSPS) is 19.7. The highest BCUT2D eigenvalue weighted by molar-refractivity contribution is 6.01. The number of hydrogen-bond donors (Lipinski definition) is 0. The van der Waals surface area contributed by atoms with Crippen LogP contribution in [-0.2, 0) is 4.84 Å². The lowest BCUT2D eigenvalue weighted by molar-refractivity contribution is -0.0966. The molecule has 1 saturated heterocycles. The Kier molecular flexibility index (Phi) is 4.07. The van der Waals surface area contributed by atoms with E-state index >= 15 is 0 Å². The predicted octanol–water partition coefficient (Wildman–Crippen LogP) is 4.94. The summed E-state index contributed by atoms with van der Waals surface area (Å²) in [5, 5.41) is 7.86. The zero-order valence-corrected chi connectivity index (χ0v) is 16.9. The molecular weight excluding hydrogens is 392 g/mol. The Morgan fingerprint density at radius 3 is 2.68 bits per heavy atom. The number of carbonyl (C=O) groups excluding carboxylic acids is 1. The highest BCUT2D eigenvalue weighted by Gasteiger charge is 2.46. The number of nitrogens with zero attached hydrogens (tertiary/aromatic N) is 2. The zero-order chi connectivity index (χ0) is 20.9. The minimum atomic E-state index is -0.245. The lowest BCUT2D eigenvalue weighted by Gasteiger charge is -2.32. The molecule has 0 bridgehead atoms. The van der Waals surface area contributed by atoms with Crippen molar-refractivity contribution < 1.29 is 18.9 Å². The maximum absolute atomic E-state index is 13.8. The molecule has 6 nitrogen and oxygen atoms in total. The second-order valence-electron chi connectivity index (χ2n) is 7.97. The van der Waals surface area contributed by atoms with Gasteiger partial charge in [0.05, 0.1) is 19.3 Å². The predicted molar refractivity (Wildman–Crippen MR) is 114 cm³/mol. The SMILES string of the molecule is Cc1onc(-c2ccccc2)c1C(=O)N1OC[C@H]2COc3ccc4ccccc4c3[C@H]21. The molecule has 3 aromatic carbocycles. The third-order valence-electron chi connectivity index (χ3n) is 6.13. The van der Waals surface area contributed by atoms with Gasteiger partial charge in [0.25, 0.3) is 5.91 Å². The topological polar surface area (TPSA) is 64.8 Å². The Balaban J connectivity index is 1.47. The number of carbonyl (C=O) groups is 1. The molecule has 154 valence electrons. The minimum absolute atomic E-state index is 0.0580. The van der Waals surface area contributed by atoms with Crippen molar-refractivity contribution in [3.8, 4) is 17.0 Å². The van der Waals surface area contributed by atoms with E-state index in [1.807, 2.05) is 54.6 Å². The van der Waals surface area contributed by atoms with E-state index < -0.39 is 0 Å². The summed E-state index contributed by atoms with van der Waals surface area (Å²) in [6.07, 6.45) is 0. The van der Waals surface area contributed by atoms with E-state index in [9.17, 15) is 4.79 Å². The van der Waals surface area contributed by atoms with Crippen molar-refractivity contribution in [2.45, 2.75) is 13.0 Å². The van der Waals surface area contributed by atoms with Gasteiger partial charge in [-0.15, -0.1) is 0 Å². The van der Waals surface area contributed by atoms with Crippen LogP contribution in [0, 0.1) is 12.8 Å². The molecule has 2 aliphatic rings. The summed E-state index contributed by atoms with van der Waals surface area (Å²) in [6.45, 7) is 2.69. The van der Waals surface area contributed by atoms with Crippen molar-refractivity contribution in [2.75, 3.05) is 13.2 Å². The second-order valence-corrected chi connectivity index (χ2v) is 7.97. The fraction of sp³-hybridized carbons (Fsp3) is 0.200. The number of rotatable bonds is 2. The van der Waals surface area contributed by atoms with Crippen molar-refractivity contribution in [1.29, 1.82) is 0 Å². The molecule has 2 atom stereocenters. The zero-order valence-electron chi connectivity index (χ0n) is 16.9. The average molecular weight is 412 g/mol. The van der Waals surface area contributed by atoms with E-state index in [4.69, 9.17) is 14.1 Å². The first-order chi connectivity index (χ1) is 15.2. The summed E-state index contributed by atoms with van der Waals surface area (Å²) in [4.78, 5) is 19.8. The average Bonchev–Trinajstić information content (AvgIpc) is 3.42. The number of aromatic nitrogens is 1. The van der Waals surface area contributed by atoms with Crippen LogP contribution in [0.15, 0.2) is 71.3 Å². The largest absolute Gasteiger partial charge is 0.493 e. The van der Waals surface area contributed by atoms with Crippen molar-refractivity contribution in [3.05, 3.63) is 83.6 Å². The molecule has 4 aromatic rings. The maximum Gasteiger partial charge on any atom is 0.283 e. The molecule has 0 spiro atoms. The summed E-state index contributed by atoms with van der Waals surface area (Å²) in [5.41, 5.74) is 2.78. The molecule has 31 heavy (non-hydrogen) atoms. The molecule has 1 amide bonds. The van der Waals surface area contributed by atoms with E-state index in [1.54, 1.807) is 6.92 Å². The Labute approximate surface area is 178 Å². The maximum atomic E-state index is 13.8. The van der Waals surface area contributed by atoms with E-state index in [2.05, 4.69) is 17.3 Å². The third-order valence-corrected chi connectivity index (χ3v) is 6.13. The van der Waals surface area contributed by atoms with Crippen LogP contribution < -0.4 is 4.74 Å². The molecule has 2 aliphatic heterocycles. The van der Waals surface area contributed by atoms with Crippen molar-refractivity contribution >= 4 is 16.7 Å². The summed E-state index contributed by atoms with van der Waals surface area (Å²) in [6, 6.07) is 21.5. The van der Waals surface area contributed by atoms with E-state index in [-0.39, 0.29) is 17.9 Å². The molecule has 1 aromatic heterocycles. The van der Waals surface area contributed by atoms with Crippen LogP contribution in [0.2, 0.25) is 0 Å². The van der Waals surface area contributed by atoms with Gasteiger partial charge < -0.3 is 9.26 Å². The van der Waals surface area contributed by atoms with Gasteiger partial charge in [0.15, 0.2) is 0 Å². The van der Waals surface area contributed by atoms with Gasteiger partial charge in [0, 0.05) is 17.0 Å². The van der Waals surface area contributed by atoms with Crippen molar-refractivity contribution in [2.24, 2.45) is 5.92 Å². The molecule has 0 unspecified atom stereocenters. The monoisotopic (exact) mass is 412 g/mol. The van der Waals surface area contributed by atoms with Crippen LogP contribution in [0.1, 0.15) is 27.7 Å². The molecule has 0 aliphatic carbocycles. The summed E-state index contributed by atoms with van der Waals surface area (Å²) < 4.78 is 11.5. The number of fused-ring (bicyclic) bond motifs is 5. The summed E-state index contributed by atoms with van der Waals surface area (Å²) in [7, 11) is 0. The summed E-state index contributed by atoms with van der Waals surface area (Å²) >= 11 is 0. The van der Waals surface area contributed by atoms with E-state index in [0.29, 0.717) is 30.2 Å². The lowest BCUT2D eigenvalue weighted by Crippen LogP contribution is -2.35. The van der Waals surface area contributed by atoms with Gasteiger partial charge in [-0.1, -0.05) is 65.8 Å². The second kappa shape index (κ2) is 6.96. The smallest absolute Gasteiger partial charge is 0.283 e. The number of aryl methyl sites for hydroxylation is 1. The number of benzene rings is 3. The van der Waals surface area contributed by atoms with Gasteiger partial charge in [-0.25, -0.2) is 5.06 Å². The Morgan fingerprint density at radius 2 is 1.81 bits per heavy atom. The van der Waals surface area contributed by atoms with E-state index in [0.717, 1.165) is 27.6 Å². The van der Waals surface area contributed by atoms with Crippen LogP contribution in [-0.4, -0.2) is 29.3 Å². The van der Waals surface area contributed by atoms with Gasteiger partial charge in [0.1, 0.15) is 22.8 Å². The van der Waals surface area contributed by atoms with Crippen molar-refractivity contribution in [1.82, 2.24) is 10.2 Å². The molecule has 0 N–H and O–H groups in total. The first kappa shape index (κ1) is 18.2. The quantitative estimate of drug-likeness (QED) is 0.467. The Morgan fingerprint density at radius 1 is 1.00 bits per heavy atom. The molecule has 0 radical (unpaired) electrons. The minimum Gasteiger partial charge on any atom is -0.493 e. The fourth-order valence-electron chi connectivity index (χ4n) is 4.65. The molecule has 3 heterocycles. The van der Waals surface area contributed by atoms with Crippen LogP contribution in [0.4, 0.5) is 0 Å². The lowest BCUT2D eigenvalue weighted by atomic mass is 9.88. The van der Waals surface area contributed by atoms with Gasteiger partial charge in [-0.2, -0.15) is 0 Å². The van der Waals surface area contributed by atoms with Crippen LogP contribution in [0.25, 0.3) is 22.0 Å². The van der Waals surface area contributed by atoms with Crippen molar-refractivity contribution in [3.63, 3.8) is 0 Å². The van der Waals surface area contributed by atoms with Gasteiger partial charge >= 0.3 is 0 Å². The van der Waals surface area contributed by atoms with Gasteiger partial charge in [0.2, 0.25) is 0 Å². The van der Waals surface area contributed by atoms with Gasteiger partial charge in [-0.3, -0.25) is 9.63 Å². The fourth-order valence-corrected chi connectivity index (χ4v) is 4.65. The number of ether oxygens (including phenoxy) is 1. The highest BCUT2D eigenvalue weighted by atomic mass is 16.7. The molecule has 0 saturated carbocycles. The molecule has 1 fully saturated rings. The van der Waals surface area contributed by atoms with Crippen LogP contribution in [0.3, 0.4) is 0 Å². The Hall–Kier alpha value is -3.64. The molecule has 6 rings (SSSR count). The van der Waals surface area contributed by atoms with Gasteiger partial charge in [-0.05, 0) is 23.8 Å². The summed E-state index contributed by atoms with van der Waals surface area (Å²) in [5.74, 6) is 1.09. The first-order valence-corrected chi connectivity index (χ1v) is 10.3. The third kappa shape index (κ3) is 2.75. The standard InChI is InChI=1S/C25H20N2O4/c1-15-21(23(26-31-15)17-8-3-2-4-9-17)25(28)27-24-18(14-30-27)13-29-20-12-11-16-7-5-6-10-19(16)22(20)24/h2-12,18,24H,13-14H2,1H3/t18-,24+/m1/s1.